The van der Waals surface area contributed by atoms with Crippen LogP contribution in [0.1, 0.15) is 17.0 Å². The van der Waals surface area contributed by atoms with Gasteiger partial charge in [0.25, 0.3) is 0 Å². The molecule has 0 radical (unpaired) electrons. The number of hydrazone groups is 1. The predicted octanol–water partition coefficient (Wildman–Crippen LogP) is 5.14. The maximum Gasteiger partial charge on any atom is 0.225 e. The van der Waals surface area contributed by atoms with E-state index >= 15 is 0 Å². The third kappa shape index (κ3) is 5.82. The molecule has 0 aromatic heterocycles. The van der Waals surface area contributed by atoms with E-state index in [1.54, 1.807) is 12.1 Å². The summed E-state index contributed by atoms with van der Waals surface area (Å²) in [6.45, 7) is 2.18. The molecule has 2 aliphatic rings. The molecule has 3 aromatic carbocycles. The fourth-order valence-corrected chi connectivity index (χ4v) is 5.25. The van der Waals surface area contributed by atoms with Crippen molar-refractivity contribution in [1.82, 2.24) is 14.0 Å². The number of guanidine groups is 1. The van der Waals surface area contributed by atoms with E-state index in [4.69, 9.17) is 26.8 Å². The van der Waals surface area contributed by atoms with Crippen molar-refractivity contribution in [3.63, 3.8) is 0 Å². The lowest BCUT2D eigenvalue weighted by molar-refractivity contribution is 0.290. The molecule has 1 atom stereocenters. The molecule has 0 amide bonds. The maximum atomic E-state index is 13.6. The normalized spacial score (nSPS) is 18.9. The van der Waals surface area contributed by atoms with Crippen LogP contribution in [-0.2, 0) is 0 Å². The summed E-state index contributed by atoms with van der Waals surface area (Å²) >= 11 is 8.74. The van der Waals surface area contributed by atoms with Gasteiger partial charge in [-0.15, -0.1) is 0 Å². The Bertz CT molecular complexity index is 1200. The standard InChI is InChI=1S/C25H24ClFN6S2/c26-19-8-12-22(13-9-19)34-31-25(29-21-14-32(15-21)35-28)33-16-23(17-4-2-1-3-5-17)24(30-33)18-6-10-20(27)11-7-18/h1-13,21,23H,14-16,28H2,(H,29,31). The quantitative estimate of drug-likeness (QED) is 0.263. The molecule has 0 bridgehead atoms. The van der Waals surface area contributed by atoms with Crippen LogP contribution in [0.2, 0.25) is 5.02 Å². The number of halogens is 2. The Morgan fingerprint density at radius 2 is 1.71 bits per heavy atom. The topological polar surface area (TPSA) is 69.2 Å². The van der Waals surface area contributed by atoms with E-state index in [2.05, 4.69) is 21.2 Å². The number of benzene rings is 3. The van der Waals surface area contributed by atoms with Crippen LogP contribution in [0.4, 0.5) is 4.39 Å². The smallest absolute Gasteiger partial charge is 0.225 e. The first-order valence-electron chi connectivity index (χ1n) is 11.1. The van der Waals surface area contributed by atoms with Crippen LogP contribution < -0.4 is 9.86 Å². The number of hydrogen-bond acceptors (Lipinski definition) is 6. The Balaban J connectivity index is 1.44. The summed E-state index contributed by atoms with van der Waals surface area (Å²) in [5.41, 5.74) is 2.92. The molecule has 3 aromatic rings. The van der Waals surface area contributed by atoms with E-state index in [1.807, 2.05) is 47.5 Å². The summed E-state index contributed by atoms with van der Waals surface area (Å²) in [7, 11) is 0. The predicted molar refractivity (Wildman–Crippen MR) is 144 cm³/mol. The minimum atomic E-state index is -0.268. The monoisotopic (exact) mass is 526 g/mol. The summed E-state index contributed by atoms with van der Waals surface area (Å²) in [5.74, 6) is 0.428. The van der Waals surface area contributed by atoms with Crippen molar-refractivity contribution in [2.75, 3.05) is 19.6 Å². The second-order valence-corrected chi connectivity index (χ2v) is 10.3. The fraction of sp³-hybridized carbons (Fsp3) is 0.200. The Morgan fingerprint density at radius 3 is 2.40 bits per heavy atom. The van der Waals surface area contributed by atoms with E-state index in [-0.39, 0.29) is 17.8 Å². The molecular weight excluding hydrogens is 503 g/mol. The van der Waals surface area contributed by atoms with Crippen LogP contribution >= 0.6 is 35.7 Å². The van der Waals surface area contributed by atoms with Crippen LogP contribution in [0, 0.1) is 5.82 Å². The van der Waals surface area contributed by atoms with Gasteiger partial charge in [0, 0.05) is 41.1 Å². The first-order valence-corrected chi connectivity index (χ1v) is 13.2. The zero-order chi connectivity index (χ0) is 24.2. The van der Waals surface area contributed by atoms with Gasteiger partial charge in [-0.3, -0.25) is 9.86 Å². The van der Waals surface area contributed by atoms with Crippen LogP contribution in [0.5, 0.6) is 0 Å². The van der Waals surface area contributed by atoms with E-state index in [0.717, 1.165) is 34.8 Å². The third-order valence-corrected chi connectivity index (χ3v) is 7.50. The van der Waals surface area contributed by atoms with Crippen molar-refractivity contribution in [1.29, 1.82) is 0 Å². The molecule has 2 heterocycles. The summed E-state index contributed by atoms with van der Waals surface area (Å²) in [6.07, 6.45) is 0. The fourth-order valence-electron chi connectivity index (χ4n) is 3.97. The molecule has 180 valence electrons. The summed E-state index contributed by atoms with van der Waals surface area (Å²) in [4.78, 5) is 5.98. The Morgan fingerprint density at radius 1 is 1.00 bits per heavy atom. The highest BCUT2D eigenvalue weighted by molar-refractivity contribution is 7.98. The molecule has 10 heteroatoms. The SMILES string of the molecule is NSN1CC(N=C(NSc2ccc(Cl)cc2)N2CC(c3ccccc3)C(c3ccc(F)cc3)=N2)C1. The van der Waals surface area contributed by atoms with Gasteiger partial charge >= 0.3 is 0 Å². The molecule has 6 nitrogen and oxygen atoms in total. The van der Waals surface area contributed by atoms with Crippen LogP contribution in [-0.4, -0.2) is 46.7 Å². The molecular formula is C25H24ClFN6S2. The number of aliphatic imine (C=N–C) groups is 1. The van der Waals surface area contributed by atoms with E-state index in [1.165, 1.54) is 36.2 Å². The first kappa shape index (κ1) is 24.1. The van der Waals surface area contributed by atoms with E-state index < -0.39 is 0 Å². The number of hydrogen-bond donors (Lipinski definition) is 2. The molecule has 5 rings (SSSR count). The van der Waals surface area contributed by atoms with Gasteiger partial charge in [0.15, 0.2) is 0 Å². The Kier molecular flexibility index (Phi) is 7.60. The van der Waals surface area contributed by atoms with Crippen LogP contribution in [0.3, 0.4) is 0 Å². The highest BCUT2D eigenvalue weighted by atomic mass is 35.5. The van der Waals surface area contributed by atoms with Gasteiger partial charge in [-0.25, -0.2) is 18.7 Å². The van der Waals surface area contributed by atoms with Crippen molar-refractivity contribution in [3.05, 3.63) is 101 Å². The first-order chi connectivity index (χ1) is 17.1. The zero-order valence-electron chi connectivity index (χ0n) is 18.7. The third-order valence-electron chi connectivity index (χ3n) is 5.86. The lowest BCUT2D eigenvalue weighted by Gasteiger charge is -2.34. The highest BCUT2D eigenvalue weighted by Gasteiger charge is 2.33. The van der Waals surface area contributed by atoms with Crippen molar-refractivity contribution >= 4 is 47.4 Å². The number of nitrogens with one attached hydrogen (secondary N) is 1. The molecule has 1 unspecified atom stereocenters. The molecule has 0 aliphatic carbocycles. The number of nitrogens with zero attached hydrogens (tertiary/aromatic N) is 4. The molecule has 3 N–H and O–H groups in total. The van der Waals surface area contributed by atoms with Gasteiger partial charge in [0.2, 0.25) is 5.96 Å². The second-order valence-electron chi connectivity index (χ2n) is 8.25. The van der Waals surface area contributed by atoms with Gasteiger partial charge in [-0.1, -0.05) is 54.1 Å². The summed E-state index contributed by atoms with van der Waals surface area (Å²) in [6, 6.07) is 24.5. The van der Waals surface area contributed by atoms with Gasteiger partial charge in [0.1, 0.15) is 5.82 Å². The lowest BCUT2D eigenvalue weighted by atomic mass is 9.91. The van der Waals surface area contributed by atoms with Gasteiger partial charge in [-0.05, 0) is 59.5 Å². The average Bonchev–Trinajstić information content (AvgIpc) is 3.30. The lowest BCUT2D eigenvalue weighted by Crippen LogP contribution is -2.48. The molecule has 35 heavy (non-hydrogen) atoms. The largest absolute Gasteiger partial charge is 0.295 e. The van der Waals surface area contributed by atoms with Crippen molar-refractivity contribution in [2.24, 2.45) is 15.2 Å². The average molecular weight is 527 g/mol. The Hall–Kier alpha value is -2.56. The van der Waals surface area contributed by atoms with Crippen LogP contribution in [0.25, 0.3) is 0 Å². The van der Waals surface area contributed by atoms with Gasteiger partial charge < -0.3 is 0 Å². The van der Waals surface area contributed by atoms with Crippen molar-refractivity contribution in [2.45, 2.75) is 16.9 Å². The molecule has 1 saturated heterocycles. The number of nitrogens with two attached hydrogens (primary N) is 1. The van der Waals surface area contributed by atoms with Crippen LogP contribution in [0.15, 0.2) is 93.9 Å². The molecule has 2 aliphatic heterocycles. The molecule has 0 spiro atoms. The second kappa shape index (κ2) is 11.0. The Labute approximate surface area is 217 Å². The summed E-state index contributed by atoms with van der Waals surface area (Å²) < 4.78 is 19.1. The summed E-state index contributed by atoms with van der Waals surface area (Å²) in [5, 5.41) is 13.3. The van der Waals surface area contributed by atoms with Gasteiger partial charge in [0.05, 0.1) is 18.3 Å². The van der Waals surface area contributed by atoms with Crippen molar-refractivity contribution in [3.8, 4) is 0 Å². The minimum Gasteiger partial charge on any atom is -0.295 e. The van der Waals surface area contributed by atoms with E-state index in [0.29, 0.717) is 17.5 Å². The number of rotatable bonds is 6. The highest BCUT2D eigenvalue weighted by Crippen LogP contribution is 2.30. The molecule has 1 fully saturated rings. The molecule has 0 saturated carbocycles. The maximum absolute atomic E-state index is 13.6. The zero-order valence-corrected chi connectivity index (χ0v) is 21.1. The van der Waals surface area contributed by atoms with E-state index in [9.17, 15) is 4.39 Å². The minimum absolute atomic E-state index is 0.0201. The van der Waals surface area contributed by atoms with Gasteiger partial charge in [-0.2, -0.15) is 5.10 Å². The van der Waals surface area contributed by atoms with Crippen molar-refractivity contribution < 1.29 is 4.39 Å².